The molecule has 6 heteroatoms. The molecule has 0 aromatic carbocycles. The van der Waals surface area contributed by atoms with Crippen LogP contribution in [0.4, 0.5) is 18.9 Å². The Kier molecular flexibility index (Phi) is 4.46. The second kappa shape index (κ2) is 5.83. The summed E-state index contributed by atoms with van der Waals surface area (Å²) in [7, 11) is 0. The van der Waals surface area contributed by atoms with Gasteiger partial charge < -0.3 is 10.1 Å². The minimum Gasteiger partial charge on any atom is -0.380 e. The maximum Gasteiger partial charge on any atom is 0.433 e. The molecule has 3 atom stereocenters. The Bertz CT molecular complexity index is 475. The summed E-state index contributed by atoms with van der Waals surface area (Å²) in [5.41, 5.74) is -0.256. The highest BCUT2D eigenvalue weighted by Crippen LogP contribution is 2.47. The Morgan fingerprint density at radius 3 is 2.57 bits per heavy atom. The Labute approximate surface area is 122 Å². The molecule has 21 heavy (non-hydrogen) atoms. The molecule has 2 rings (SSSR count). The molecule has 1 saturated carbocycles. The lowest BCUT2D eigenvalue weighted by atomic mass is 9.61. The van der Waals surface area contributed by atoms with E-state index in [1.54, 1.807) is 0 Å². The summed E-state index contributed by atoms with van der Waals surface area (Å²) in [5.74, 6) is 0. The van der Waals surface area contributed by atoms with Crippen LogP contribution in [0.5, 0.6) is 0 Å². The summed E-state index contributed by atoms with van der Waals surface area (Å²) in [6.07, 6.45) is -1.14. The van der Waals surface area contributed by atoms with Crippen molar-refractivity contribution in [3.63, 3.8) is 0 Å². The van der Waals surface area contributed by atoms with Gasteiger partial charge in [-0.25, -0.2) is 4.98 Å². The van der Waals surface area contributed by atoms with E-state index >= 15 is 0 Å². The number of hydrogen-bond donors (Lipinski definition) is 1. The van der Waals surface area contributed by atoms with Gasteiger partial charge in [0.25, 0.3) is 0 Å². The van der Waals surface area contributed by atoms with E-state index in [1.807, 2.05) is 6.92 Å². The molecule has 1 aromatic heterocycles. The standard InChI is InChI=1S/C15H21F3N2O/c1-4-14(3)12(8-13(14)21-5-2)20-10-6-7-11(19-9-10)15(16,17)18/h6-7,9,12-13,20H,4-5,8H2,1-3H3. The second-order valence-electron chi connectivity index (χ2n) is 5.67. The highest BCUT2D eigenvalue weighted by atomic mass is 19.4. The topological polar surface area (TPSA) is 34.1 Å². The van der Waals surface area contributed by atoms with E-state index in [0.717, 1.165) is 18.9 Å². The van der Waals surface area contributed by atoms with Crippen LogP contribution in [-0.2, 0) is 10.9 Å². The number of hydrogen-bond acceptors (Lipinski definition) is 3. The predicted molar refractivity (Wildman–Crippen MR) is 75.1 cm³/mol. The lowest BCUT2D eigenvalue weighted by molar-refractivity contribution is -0.141. The molecule has 1 N–H and O–H groups in total. The van der Waals surface area contributed by atoms with Crippen molar-refractivity contribution < 1.29 is 17.9 Å². The molecule has 1 aliphatic rings. The molecule has 0 spiro atoms. The van der Waals surface area contributed by atoms with E-state index < -0.39 is 11.9 Å². The van der Waals surface area contributed by atoms with Crippen LogP contribution in [0.3, 0.4) is 0 Å². The first kappa shape index (κ1) is 16.1. The fourth-order valence-electron chi connectivity index (χ4n) is 2.82. The minimum atomic E-state index is -4.40. The Hall–Kier alpha value is -1.30. The van der Waals surface area contributed by atoms with Crippen LogP contribution in [0.1, 0.15) is 39.3 Å². The summed E-state index contributed by atoms with van der Waals surface area (Å²) >= 11 is 0. The van der Waals surface area contributed by atoms with E-state index in [4.69, 9.17) is 4.74 Å². The average Bonchev–Trinajstić information content (AvgIpc) is 2.45. The number of anilines is 1. The number of aromatic nitrogens is 1. The molecule has 0 amide bonds. The number of pyridine rings is 1. The van der Waals surface area contributed by atoms with Gasteiger partial charge in [0.05, 0.1) is 18.0 Å². The molecule has 3 nitrogen and oxygen atoms in total. The third kappa shape index (κ3) is 3.15. The third-order valence-corrected chi connectivity index (χ3v) is 4.51. The fourth-order valence-corrected chi connectivity index (χ4v) is 2.82. The SMILES string of the molecule is CCOC1CC(Nc2ccc(C(F)(F)F)nc2)C1(C)CC. The predicted octanol–water partition coefficient (Wildman–Crippen LogP) is 4.11. The van der Waals surface area contributed by atoms with Crippen molar-refractivity contribution in [1.82, 2.24) is 4.98 Å². The van der Waals surface area contributed by atoms with Gasteiger partial charge in [0.15, 0.2) is 0 Å². The normalized spacial score (nSPS) is 29.0. The molecule has 0 radical (unpaired) electrons. The van der Waals surface area contributed by atoms with Crippen LogP contribution < -0.4 is 5.32 Å². The quantitative estimate of drug-likeness (QED) is 0.889. The van der Waals surface area contributed by atoms with E-state index in [2.05, 4.69) is 24.1 Å². The van der Waals surface area contributed by atoms with Crippen LogP contribution in [0, 0.1) is 5.41 Å². The van der Waals surface area contributed by atoms with Gasteiger partial charge in [-0.2, -0.15) is 13.2 Å². The Balaban J connectivity index is 2.03. The molecular formula is C15H21F3N2O. The maximum atomic E-state index is 12.5. The van der Waals surface area contributed by atoms with Crippen molar-refractivity contribution in [2.24, 2.45) is 5.41 Å². The second-order valence-corrected chi connectivity index (χ2v) is 5.67. The summed E-state index contributed by atoms with van der Waals surface area (Å²) in [6.45, 7) is 6.89. The van der Waals surface area contributed by atoms with Crippen molar-refractivity contribution in [1.29, 1.82) is 0 Å². The van der Waals surface area contributed by atoms with Crippen LogP contribution in [0.25, 0.3) is 0 Å². The van der Waals surface area contributed by atoms with Crippen LogP contribution in [-0.4, -0.2) is 23.7 Å². The van der Waals surface area contributed by atoms with Crippen molar-refractivity contribution in [3.05, 3.63) is 24.0 Å². The Morgan fingerprint density at radius 2 is 2.10 bits per heavy atom. The zero-order valence-electron chi connectivity index (χ0n) is 12.5. The average molecular weight is 302 g/mol. The highest BCUT2D eigenvalue weighted by Gasteiger charge is 2.51. The van der Waals surface area contributed by atoms with Gasteiger partial charge in [0, 0.05) is 18.1 Å². The first-order valence-corrected chi connectivity index (χ1v) is 7.22. The van der Waals surface area contributed by atoms with Gasteiger partial charge in [-0.1, -0.05) is 13.8 Å². The molecule has 1 heterocycles. The van der Waals surface area contributed by atoms with Gasteiger partial charge in [0.1, 0.15) is 5.69 Å². The summed E-state index contributed by atoms with van der Waals surface area (Å²) in [4.78, 5) is 3.47. The van der Waals surface area contributed by atoms with Crippen molar-refractivity contribution in [2.45, 2.75) is 51.9 Å². The van der Waals surface area contributed by atoms with Crippen molar-refractivity contribution in [2.75, 3.05) is 11.9 Å². The first-order chi connectivity index (χ1) is 9.81. The lowest BCUT2D eigenvalue weighted by Gasteiger charge is -2.53. The van der Waals surface area contributed by atoms with Gasteiger partial charge in [-0.15, -0.1) is 0 Å². The van der Waals surface area contributed by atoms with Crippen molar-refractivity contribution in [3.8, 4) is 0 Å². The maximum absolute atomic E-state index is 12.5. The Morgan fingerprint density at radius 1 is 1.38 bits per heavy atom. The monoisotopic (exact) mass is 302 g/mol. The number of halogens is 3. The molecule has 3 unspecified atom stereocenters. The molecule has 0 bridgehead atoms. The summed E-state index contributed by atoms with van der Waals surface area (Å²) in [6, 6.07) is 2.63. The molecule has 1 aromatic rings. The number of rotatable bonds is 5. The molecule has 0 saturated heterocycles. The van der Waals surface area contributed by atoms with Gasteiger partial charge in [-0.05, 0) is 31.9 Å². The highest BCUT2D eigenvalue weighted by molar-refractivity contribution is 5.44. The molecule has 118 valence electrons. The molecule has 1 fully saturated rings. The van der Waals surface area contributed by atoms with Crippen LogP contribution in [0.2, 0.25) is 0 Å². The van der Waals surface area contributed by atoms with E-state index in [0.29, 0.717) is 12.3 Å². The zero-order valence-corrected chi connectivity index (χ0v) is 12.5. The van der Waals surface area contributed by atoms with Gasteiger partial charge in [0.2, 0.25) is 0 Å². The number of nitrogens with zero attached hydrogens (tertiary/aromatic N) is 1. The summed E-state index contributed by atoms with van der Waals surface area (Å²) < 4.78 is 43.1. The minimum absolute atomic E-state index is 0.00128. The number of ether oxygens (including phenoxy) is 1. The largest absolute Gasteiger partial charge is 0.433 e. The lowest BCUT2D eigenvalue weighted by Crippen LogP contribution is -2.59. The first-order valence-electron chi connectivity index (χ1n) is 7.22. The van der Waals surface area contributed by atoms with E-state index in [-0.39, 0.29) is 17.6 Å². The van der Waals surface area contributed by atoms with Gasteiger partial charge in [-0.3, -0.25) is 0 Å². The van der Waals surface area contributed by atoms with Crippen molar-refractivity contribution >= 4 is 5.69 Å². The fraction of sp³-hybridized carbons (Fsp3) is 0.667. The molecule has 0 aliphatic heterocycles. The smallest absolute Gasteiger partial charge is 0.380 e. The number of nitrogens with one attached hydrogen (secondary N) is 1. The number of alkyl halides is 3. The summed E-state index contributed by atoms with van der Waals surface area (Å²) in [5, 5.41) is 3.28. The van der Waals surface area contributed by atoms with Gasteiger partial charge >= 0.3 is 6.18 Å². The third-order valence-electron chi connectivity index (χ3n) is 4.51. The van der Waals surface area contributed by atoms with Crippen LogP contribution >= 0.6 is 0 Å². The van der Waals surface area contributed by atoms with Crippen LogP contribution in [0.15, 0.2) is 18.3 Å². The zero-order chi connectivity index (χ0) is 15.7. The molecule has 1 aliphatic carbocycles. The van der Waals surface area contributed by atoms with E-state index in [9.17, 15) is 13.2 Å². The molecular weight excluding hydrogens is 281 g/mol. The van der Waals surface area contributed by atoms with E-state index in [1.165, 1.54) is 12.3 Å².